The summed E-state index contributed by atoms with van der Waals surface area (Å²) in [5.74, 6) is -0.0747. The van der Waals surface area contributed by atoms with E-state index in [-0.39, 0.29) is 16.4 Å². The maximum absolute atomic E-state index is 10.5. The summed E-state index contributed by atoms with van der Waals surface area (Å²) in [5.41, 5.74) is 5.88. The van der Waals surface area contributed by atoms with Crippen molar-refractivity contribution in [1.82, 2.24) is 4.98 Å². The molecule has 0 atom stereocenters. The first-order valence-electron chi connectivity index (χ1n) is 3.69. The second kappa shape index (κ2) is 3.61. The molecule has 0 radical (unpaired) electrons. The fourth-order valence-corrected chi connectivity index (χ4v) is 1.31. The van der Waals surface area contributed by atoms with E-state index in [4.69, 9.17) is 5.73 Å². The number of anilines is 1. The maximum atomic E-state index is 10.5. The van der Waals surface area contributed by atoms with E-state index in [9.17, 15) is 10.1 Å². The molecule has 0 aromatic carbocycles. The van der Waals surface area contributed by atoms with Gasteiger partial charge in [-0.05, 0) is 12.5 Å². The van der Waals surface area contributed by atoms with Crippen LogP contribution < -0.4 is 5.73 Å². The van der Waals surface area contributed by atoms with E-state index in [0.29, 0.717) is 12.1 Å². The number of nitrogen functional groups attached to an aromatic ring is 1. The van der Waals surface area contributed by atoms with Crippen LogP contribution >= 0.6 is 12.6 Å². The van der Waals surface area contributed by atoms with Gasteiger partial charge in [-0.2, -0.15) is 0 Å². The minimum atomic E-state index is -0.579. The Morgan fingerprint density at radius 3 is 2.77 bits per heavy atom. The molecular weight excluding hydrogens is 190 g/mol. The summed E-state index contributed by atoms with van der Waals surface area (Å²) >= 11 is 3.97. The summed E-state index contributed by atoms with van der Waals surface area (Å²) in [6.07, 6.45) is 0.676. The summed E-state index contributed by atoms with van der Waals surface area (Å²) < 4.78 is 0. The van der Waals surface area contributed by atoms with E-state index in [2.05, 4.69) is 17.6 Å². The molecule has 1 aromatic heterocycles. The fourth-order valence-electron chi connectivity index (χ4n) is 0.966. The largest absolute Gasteiger partial charge is 0.378 e. The average Bonchev–Trinajstić information content (AvgIpc) is 2.02. The van der Waals surface area contributed by atoms with E-state index in [1.165, 1.54) is 0 Å². The highest BCUT2D eigenvalue weighted by molar-refractivity contribution is 7.80. The Kier molecular flexibility index (Phi) is 2.72. The van der Waals surface area contributed by atoms with Crippen molar-refractivity contribution in [3.8, 4) is 0 Å². The van der Waals surface area contributed by atoms with E-state index in [1.807, 2.05) is 6.92 Å². The quantitative estimate of drug-likeness (QED) is 0.428. The molecule has 6 heteroatoms. The minimum absolute atomic E-state index is 0.0747. The van der Waals surface area contributed by atoms with Crippen molar-refractivity contribution >= 4 is 24.1 Å². The number of nitrogens with zero attached hydrogens (tertiary/aromatic N) is 2. The molecule has 0 saturated heterocycles. The lowest BCUT2D eigenvalue weighted by Gasteiger charge is -2.02. The second-order valence-corrected chi connectivity index (χ2v) is 2.96. The lowest BCUT2D eigenvalue weighted by molar-refractivity contribution is -0.387. The monoisotopic (exact) mass is 199 g/mol. The third kappa shape index (κ3) is 1.89. The first kappa shape index (κ1) is 9.79. The van der Waals surface area contributed by atoms with Gasteiger partial charge in [-0.3, -0.25) is 10.1 Å². The molecule has 2 N–H and O–H groups in total. The maximum Gasteiger partial charge on any atom is 0.324 e. The van der Waals surface area contributed by atoms with E-state index < -0.39 is 4.92 Å². The number of thiol groups is 1. The number of nitrogens with two attached hydrogens (primary N) is 1. The van der Waals surface area contributed by atoms with Gasteiger partial charge in [-0.25, -0.2) is 4.98 Å². The number of nitro groups is 1. The number of rotatable bonds is 2. The van der Waals surface area contributed by atoms with Crippen LogP contribution in [0.2, 0.25) is 0 Å². The summed E-state index contributed by atoms with van der Waals surface area (Å²) in [4.78, 5) is 14.0. The molecule has 0 aliphatic carbocycles. The summed E-state index contributed by atoms with van der Waals surface area (Å²) in [6.45, 7) is 1.89. The molecule has 0 spiro atoms. The number of aryl methyl sites for hydroxylation is 1. The van der Waals surface area contributed by atoms with E-state index >= 15 is 0 Å². The minimum Gasteiger partial charge on any atom is -0.378 e. The zero-order chi connectivity index (χ0) is 10.0. The topological polar surface area (TPSA) is 82.0 Å². The molecule has 0 aliphatic heterocycles. The average molecular weight is 199 g/mol. The molecule has 70 valence electrons. The van der Waals surface area contributed by atoms with Crippen LogP contribution in [0.1, 0.15) is 12.6 Å². The Balaban J connectivity index is 3.31. The lowest BCUT2D eigenvalue weighted by Crippen LogP contribution is -2.02. The summed E-state index contributed by atoms with van der Waals surface area (Å²) in [6, 6.07) is 1.55. The standard InChI is InChI=1S/C7H9N3O2S/c1-2-4-3-5(13)6(10(11)12)7(8)9-4/h3H,2H2,1H3,(H3,8,9,13). The van der Waals surface area contributed by atoms with Crippen LogP contribution in [0.15, 0.2) is 11.0 Å². The number of hydrogen-bond donors (Lipinski definition) is 2. The second-order valence-electron chi connectivity index (χ2n) is 2.48. The van der Waals surface area contributed by atoms with Crippen molar-refractivity contribution in [2.45, 2.75) is 18.2 Å². The third-order valence-corrected chi connectivity index (χ3v) is 1.94. The molecule has 1 aromatic rings. The highest BCUT2D eigenvalue weighted by Gasteiger charge is 2.17. The molecular formula is C7H9N3O2S. The molecule has 0 aliphatic rings. The zero-order valence-corrected chi connectivity index (χ0v) is 7.91. The predicted octanol–water partition coefficient (Wildman–Crippen LogP) is 1.42. The van der Waals surface area contributed by atoms with Crippen molar-refractivity contribution in [3.05, 3.63) is 21.9 Å². The highest BCUT2D eigenvalue weighted by Crippen LogP contribution is 2.28. The van der Waals surface area contributed by atoms with Crippen LogP contribution in [0.25, 0.3) is 0 Å². The van der Waals surface area contributed by atoms with Crippen molar-refractivity contribution in [2.75, 3.05) is 5.73 Å². The first-order chi connectivity index (χ1) is 6.06. The van der Waals surface area contributed by atoms with Gasteiger partial charge in [0.2, 0.25) is 5.82 Å². The summed E-state index contributed by atoms with van der Waals surface area (Å²) in [7, 11) is 0. The van der Waals surface area contributed by atoms with E-state index in [1.54, 1.807) is 6.07 Å². The van der Waals surface area contributed by atoms with Crippen LogP contribution in [0, 0.1) is 10.1 Å². The molecule has 1 heterocycles. The van der Waals surface area contributed by atoms with Crippen molar-refractivity contribution in [3.63, 3.8) is 0 Å². The van der Waals surface area contributed by atoms with Gasteiger partial charge >= 0.3 is 5.69 Å². The van der Waals surface area contributed by atoms with Gasteiger partial charge in [0.25, 0.3) is 0 Å². The van der Waals surface area contributed by atoms with Crippen molar-refractivity contribution in [1.29, 1.82) is 0 Å². The molecule has 0 bridgehead atoms. The van der Waals surface area contributed by atoms with Gasteiger partial charge in [-0.15, -0.1) is 12.6 Å². The van der Waals surface area contributed by atoms with Gasteiger partial charge in [0.15, 0.2) is 0 Å². The van der Waals surface area contributed by atoms with Crippen molar-refractivity contribution in [2.24, 2.45) is 0 Å². The van der Waals surface area contributed by atoms with Gasteiger partial charge < -0.3 is 5.73 Å². The van der Waals surface area contributed by atoms with Crippen LogP contribution in [0.5, 0.6) is 0 Å². The normalized spacial score (nSPS) is 10.0. The Morgan fingerprint density at radius 2 is 2.38 bits per heavy atom. The molecule has 5 nitrogen and oxygen atoms in total. The van der Waals surface area contributed by atoms with E-state index in [0.717, 1.165) is 0 Å². The number of hydrogen-bond acceptors (Lipinski definition) is 5. The first-order valence-corrected chi connectivity index (χ1v) is 4.13. The predicted molar refractivity (Wildman–Crippen MR) is 51.9 cm³/mol. The van der Waals surface area contributed by atoms with Crippen LogP contribution in [-0.4, -0.2) is 9.91 Å². The van der Waals surface area contributed by atoms with Crippen LogP contribution in [-0.2, 0) is 6.42 Å². The Hall–Kier alpha value is -1.30. The Bertz CT molecular complexity index is 331. The van der Waals surface area contributed by atoms with Gasteiger partial charge in [0.05, 0.1) is 9.82 Å². The van der Waals surface area contributed by atoms with Crippen molar-refractivity contribution < 1.29 is 4.92 Å². The van der Waals surface area contributed by atoms with Gasteiger partial charge in [-0.1, -0.05) is 6.92 Å². The van der Waals surface area contributed by atoms with Gasteiger partial charge in [0.1, 0.15) is 0 Å². The fraction of sp³-hybridized carbons (Fsp3) is 0.286. The summed E-state index contributed by atoms with van der Waals surface area (Å²) in [5, 5.41) is 10.5. The number of pyridine rings is 1. The smallest absolute Gasteiger partial charge is 0.324 e. The van der Waals surface area contributed by atoms with Crippen LogP contribution in [0.4, 0.5) is 11.5 Å². The Morgan fingerprint density at radius 1 is 1.77 bits per heavy atom. The highest BCUT2D eigenvalue weighted by atomic mass is 32.1. The zero-order valence-electron chi connectivity index (χ0n) is 7.02. The molecule has 0 unspecified atom stereocenters. The molecule has 13 heavy (non-hydrogen) atoms. The van der Waals surface area contributed by atoms with Gasteiger partial charge in [0, 0.05) is 5.69 Å². The SMILES string of the molecule is CCc1cc(S)c([N+](=O)[O-])c(N)n1. The molecule has 0 fully saturated rings. The van der Waals surface area contributed by atoms with Crippen LogP contribution in [0.3, 0.4) is 0 Å². The molecule has 0 amide bonds. The third-order valence-electron chi connectivity index (χ3n) is 1.60. The molecule has 0 saturated carbocycles. The Labute approximate surface area is 80.5 Å². The number of aromatic nitrogens is 1. The molecule has 1 rings (SSSR count). The lowest BCUT2D eigenvalue weighted by atomic mass is 10.2.